The summed E-state index contributed by atoms with van der Waals surface area (Å²) in [5, 5.41) is 8.81. The summed E-state index contributed by atoms with van der Waals surface area (Å²) in [6, 6.07) is 1.25. The molecule has 0 spiro atoms. The van der Waals surface area contributed by atoms with E-state index in [0.717, 1.165) is 23.4 Å². The Kier molecular flexibility index (Phi) is 14.6. The number of halogens is 5. The molecule has 0 saturated carbocycles. The van der Waals surface area contributed by atoms with Gasteiger partial charge in [0.15, 0.2) is 17.4 Å². The highest BCUT2D eigenvalue weighted by Gasteiger charge is 2.46. The van der Waals surface area contributed by atoms with Crippen molar-refractivity contribution in [3.8, 4) is 0 Å². The highest BCUT2D eigenvalue weighted by atomic mass is 19.4. The molecule has 17 nitrogen and oxygen atoms in total. The lowest BCUT2D eigenvalue weighted by Crippen LogP contribution is -2.54. The van der Waals surface area contributed by atoms with Gasteiger partial charge < -0.3 is 39.3 Å². The number of nitrogens with zero attached hydrogens (tertiary/aromatic N) is 3. The number of benzene rings is 2. The fraction of sp³-hybridized carbons (Fsp3) is 0.410. The number of aryl methyl sites for hydroxylation is 1. The van der Waals surface area contributed by atoms with Crippen LogP contribution in [0.15, 0.2) is 47.1 Å². The summed E-state index contributed by atoms with van der Waals surface area (Å²) in [4.78, 5) is 71.5. The number of ether oxygens (including phenoxy) is 4. The van der Waals surface area contributed by atoms with Crippen LogP contribution in [-0.2, 0) is 35.0 Å². The molecule has 0 aliphatic carbocycles. The number of fused-ring (bicyclic) bond motifs is 2. The molecule has 4 heterocycles. The first-order valence-corrected chi connectivity index (χ1v) is 19.0. The number of aromatic nitrogens is 2. The van der Waals surface area contributed by atoms with Gasteiger partial charge in [0, 0.05) is 30.0 Å². The second kappa shape index (κ2) is 20.0. The number of hydrogen-bond acceptors (Lipinski definition) is 13. The van der Waals surface area contributed by atoms with Gasteiger partial charge in [-0.05, 0) is 37.5 Å². The largest absolute Gasteiger partial charge is 0.455 e. The quantitative estimate of drug-likeness (QED) is 0.0554. The fourth-order valence-electron chi connectivity index (χ4n) is 6.59. The molecular formula is C39H40F5N7O10. The van der Waals surface area contributed by atoms with Crippen LogP contribution in [0.4, 0.5) is 38.4 Å². The van der Waals surface area contributed by atoms with E-state index in [1.165, 1.54) is 13.0 Å². The van der Waals surface area contributed by atoms with Crippen molar-refractivity contribution in [3.63, 3.8) is 0 Å². The van der Waals surface area contributed by atoms with E-state index in [1.807, 2.05) is 0 Å². The Bertz CT molecular complexity index is 2260. The Morgan fingerprint density at radius 3 is 2.25 bits per heavy atom. The van der Waals surface area contributed by atoms with Crippen LogP contribution in [-0.4, -0.2) is 116 Å². The van der Waals surface area contributed by atoms with Gasteiger partial charge >= 0.3 is 12.2 Å². The molecule has 1 fully saturated rings. The summed E-state index contributed by atoms with van der Waals surface area (Å²) in [6.45, 7) is 3.77. The zero-order chi connectivity index (χ0) is 43.7. The SMILES string of the molecule is Cc1c([C@@H](NC(=O)Nc2cnc(NCCOCCOCCOCCOCCc3cccc4c3C(=O)N(C3CCC(=O)NC3=O)C4=O)nc2)C(F)(F)F)oc2c(F)cc(F)cc12. The lowest BCUT2D eigenvalue weighted by molar-refractivity contribution is -0.158. The average Bonchev–Trinajstić information content (AvgIpc) is 3.67. The number of carbonyl (C=O) groups is 5. The van der Waals surface area contributed by atoms with Gasteiger partial charge in [-0.3, -0.25) is 29.4 Å². The number of amides is 6. The van der Waals surface area contributed by atoms with Crippen LogP contribution in [0.5, 0.6) is 0 Å². The molecular weight excluding hydrogens is 821 g/mol. The number of piperidine rings is 1. The summed E-state index contributed by atoms with van der Waals surface area (Å²) >= 11 is 0. The first-order valence-electron chi connectivity index (χ1n) is 19.0. The van der Waals surface area contributed by atoms with Gasteiger partial charge in [-0.25, -0.2) is 23.5 Å². The minimum Gasteiger partial charge on any atom is -0.455 e. The van der Waals surface area contributed by atoms with Gasteiger partial charge in [0.2, 0.25) is 17.8 Å². The summed E-state index contributed by atoms with van der Waals surface area (Å²) < 4.78 is 96.8. The summed E-state index contributed by atoms with van der Waals surface area (Å²) in [7, 11) is 0. The zero-order valence-corrected chi connectivity index (χ0v) is 32.5. The van der Waals surface area contributed by atoms with Crippen molar-refractivity contribution in [3.05, 3.63) is 82.4 Å². The van der Waals surface area contributed by atoms with Crippen LogP contribution in [0.25, 0.3) is 11.0 Å². The van der Waals surface area contributed by atoms with Crippen molar-refractivity contribution in [2.24, 2.45) is 0 Å². The van der Waals surface area contributed by atoms with Crippen LogP contribution in [0.1, 0.15) is 56.5 Å². The first kappa shape index (κ1) is 44.5. The molecule has 6 rings (SSSR count). The molecule has 2 aliphatic heterocycles. The zero-order valence-electron chi connectivity index (χ0n) is 32.5. The molecule has 22 heteroatoms. The first-order chi connectivity index (χ1) is 29.2. The summed E-state index contributed by atoms with van der Waals surface area (Å²) in [5.74, 6) is -5.07. The second-order valence-electron chi connectivity index (χ2n) is 13.6. The third kappa shape index (κ3) is 11.0. The van der Waals surface area contributed by atoms with Gasteiger partial charge in [0.05, 0.1) is 82.1 Å². The molecule has 4 N–H and O–H groups in total. The molecule has 1 unspecified atom stereocenters. The topological polar surface area (TPSA) is 213 Å². The number of carbonyl (C=O) groups excluding carboxylic acids is 5. The molecule has 61 heavy (non-hydrogen) atoms. The molecule has 0 radical (unpaired) electrons. The van der Waals surface area contributed by atoms with E-state index in [4.69, 9.17) is 23.4 Å². The van der Waals surface area contributed by atoms with E-state index < -0.39 is 70.9 Å². The lowest BCUT2D eigenvalue weighted by Gasteiger charge is -2.27. The maximum Gasteiger partial charge on any atom is 0.416 e. The molecule has 2 aromatic heterocycles. The molecule has 1 saturated heterocycles. The number of anilines is 2. The van der Waals surface area contributed by atoms with Crippen LogP contribution in [0.2, 0.25) is 0 Å². The molecule has 6 amide bonds. The third-order valence-electron chi connectivity index (χ3n) is 9.48. The maximum atomic E-state index is 14.1. The number of rotatable bonds is 20. The minimum absolute atomic E-state index is 0.0321. The van der Waals surface area contributed by atoms with Crippen molar-refractivity contribution in [2.45, 2.75) is 44.4 Å². The maximum absolute atomic E-state index is 14.1. The number of furan rings is 1. The van der Waals surface area contributed by atoms with Crippen molar-refractivity contribution in [1.82, 2.24) is 25.5 Å². The number of alkyl halides is 3. The normalized spacial score (nSPS) is 15.9. The van der Waals surface area contributed by atoms with E-state index in [-0.39, 0.29) is 73.0 Å². The smallest absolute Gasteiger partial charge is 0.416 e. The van der Waals surface area contributed by atoms with Crippen molar-refractivity contribution in [1.29, 1.82) is 0 Å². The fourth-order valence-corrected chi connectivity index (χ4v) is 6.59. The average molecular weight is 862 g/mol. The summed E-state index contributed by atoms with van der Waals surface area (Å²) in [5.41, 5.74) is 0.271. The highest BCUT2D eigenvalue weighted by molar-refractivity contribution is 6.24. The van der Waals surface area contributed by atoms with Gasteiger partial charge in [-0.15, -0.1) is 0 Å². The van der Waals surface area contributed by atoms with Crippen LogP contribution < -0.4 is 21.3 Å². The van der Waals surface area contributed by atoms with Crippen LogP contribution in [0.3, 0.4) is 0 Å². The van der Waals surface area contributed by atoms with E-state index in [0.29, 0.717) is 51.0 Å². The predicted molar refractivity (Wildman–Crippen MR) is 202 cm³/mol. The van der Waals surface area contributed by atoms with Crippen molar-refractivity contribution in [2.75, 3.05) is 70.0 Å². The van der Waals surface area contributed by atoms with Gasteiger partial charge in [-0.2, -0.15) is 13.2 Å². The summed E-state index contributed by atoms with van der Waals surface area (Å²) in [6.07, 6.45) is -2.26. The monoisotopic (exact) mass is 861 g/mol. The second-order valence-corrected chi connectivity index (χ2v) is 13.6. The number of hydrogen-bond donors (Lipinski definition) is 4. The Morgan fingerprint density at radius 1 is 0.934 bits per heavy atom. The van der Waals surface area contributed by atoms with E-state index in [1.54, 1.807) is 17.4 Å². The minimum atomic E-state index is -5.05. The molecule has 2 atom stereocenters. The Balaban J connectivity index is 0.794. The van der Waals surface area contributed by atoms with Crippen molar-refractivity contribution < 1.29 is 69.3 Å². The Morgan fingerprint density at radius 2 is 1.59 bits per heavy atom. The van der Waals surface area contributed by atoms with Gasteiger partial charge in [-0.1, -0.05) is 12.1 Å². The predicted octanol–water partition coefficient (Wildman–Crippen LogP) is 4.36. The number of urea groups is 1. The van der Waals surface area contributed by atoms with E-state index in [9.17, 15) is 45.9 Å². The standard InChI is InChI=1S/C39H40F5N7O10/c1-21-26-17-23(40)18-27(41)32(26)61-31(21)33(39(42,43)44)50-38(56)48-24-19-46-37(47-20-24)45-8-10-58-12-14-60-16-15-59-13-11-57-9-7-22-3-2-4-25-30(22)36(55)51(35(25)54)28-5-6-29(52)49-34(28)53/h2-4,17-20,28,33H,5-16H2,1H3,(H,45,46,47)(H2,48,50,56)(H,49,52,53)/t28?,33-/m1/s1. The Labute approximate surface area is 343 Å². The molecule has 0 bridgehead atoms. The van der Waals surface area contributed by atoms with E-state index in [2.05, 4.69) is 25.9 Å². The molecule has 326 valence electrons. The highest BCUT2D eigenvalue weighted by Crippen LogP contribution is 2.39. The molecule has 4 aromatic rings. The van der Waals surface area contributed by atoms with Crippen LogP contribution in [0, 0.1) is 18.6 Å². The van der Waals surface area contributed by atoms with Crippen molar-refractivity contribution >= 4 is 52.3 Å². The third-order valence-corrected chi connectivity index (χ3v) is 9.48. The van der Waals surface area contributed by atoms with Gasteiger partial charge in [0.25, 0.3) is 11.8 Å². The van der Waals surface area contributed by atoms with Crippen LogP contribution >= 0.6 is 0 Å². The lowest BCUT2D eigenvalue weighted by atomic mass is 10.0. The molecule has 2 aliphatic rings. The number of imide groups is 2. The number of nitrogens with one attached hydrogen (secondary N) is 4. The van der Waals surface area contributed by atoms with Gasteiger partial charge in [0.1, 0.15) is 17.6 Å². The molecule has 2 aromatic carbocycles. The van der Waals surface area contributed by atoms with E-state index >= 15 is 0 Å². The Hall–Kier alpha value is -6.10.